The summed E-state index contributed by atoms with van der Waals surface area (Å²) >= 11 is 3.43. The van der Waals surface area contributed by atoms with Crippen LogP contribution in [0, 0.1) is 20.8 Å². The maximum atomic E-state index is 12.7. The van der Waals surface area contributed by atoms with Crippen molar-refractivity contribution in [2.24, 2.45) is 0 Å². The second-order valence-corrected chi connectivity index (χ2v) is 6.31. The van der Waals surface area contributed by atoms with Crippen LogP contribution < -0.4 is 0 Å². The lowest BCUT2D eigenvalue weighted by atomic mass is 9.95. The van der Waals surface area contributed by atoms with Crippen molar-refractivity contribution >= 4 is 32.7 Å². The van der Waals surface area contributed by atoms with Gasteiger partial charge in [0.05, 0.1) is 0 Å². The first-order valence-electron chi connectivity index (χ1n) is 6.77. The highest BCUT2D eigenvalue weighted by atomic mass is 79.9. The van der Waals surface area contributed by atoms with Crippen LogP contribution in [0.25, 0.3) is 11.0 Å². The van der Waals surface area contributed by atoms with Crippen LogP contribution in [0.1, 0.15) is 32.8 Å². The summed E-state index contributed by atoms with van der Waals surface area (Å²) in [4.78, 5) is 12.7. The molecule has 21 heavy (non-hydrogen) atoms. The molecule has 0 aliphatic rings. The summed E-state index contributed by atoms with van der Waals surface area (Å²) in [6.45, 7) is 5.96. The molecule has 3 aromatic rings. The van der Waals surface area contributed by atoms with Crippen LogP contribution >= 0.6 is 15.9 Å². The van der Waals surface area contributed by atoms with Crippen molar-refractivity contribution in [3.05, 3.63) is 68.9 Å². The second-order valence-electron chi connectivity index (χ2n) is 5.40. The molecule has 2 aromatic carbocycles. The van der Waals surface area contributed by atoms with Gasteiger partial charge in [-0.1, -0.05) is 33.6 Å². The van der Waals surface area contributed by atoms with Gasteiger partial charge in [0, 0.05) is 15.4 Å². The molecular formula is C18H15BrO2. The van der Waals surface area contributed by atoms with Gasteiger partial charge >= 0.3 is 0 Å². The van der Waals surface area contributed by atoms with E-state index in [9.17, 15) is 4.79 Å². The van der Waals surface area contributed by atoms with E-state index >= 15 is 0 Å². The Morgan fingerprint density at radius 3 is 2.33 bits per heavy atom. The maximum Gasteiger partial charge on any atom is 0.228 e. The number of fused-ring (bicyclic) bond motifs is 1. The Morgan fingerprint density at radius 1 is 1.00 bits per heavy atom. The Labute approximate surface area is 131 Å². The third-order valence-corrected chi connectivity index (χ3v) is 4.10. The number of carbonyl (C=O) groups excluding carboxylic acids is 1. The molecule has 0 N–H and O–H groups in total. The van der Waals surface area contributed by atoms with E-state index in [1.807, 2.05) is 51.1 Å². The molecule has 0 saturated heterocycles. The van der Waals surface area contributed by atoms with Gasteiger partial charge in [0.2, 0.25) is 5.78 Å². The van der Waals surface area contributed by atoms with Crippen molar-refractivity contribution in [2.75, 3.05) is 0 Å². The zero-order valence-corrected chi connectivity index (χ0v) is 13.7. The van der Waals surface area contributed by atoms with Crippen LogP contribution in [0.15, 0.2) is 45.3 Å². The van der Waals surface area contributed by atoms with Crippen molar-refractivity contribution in [1.29, 1.82) is 0 Å². The van der Waals surface area contributed by atoms with Crippen molar-refractivity contribution in [1.82, 2.24) is 0 Å². The summed E-state index contributed by atoms with van der Waals surface area (Å²) in [5.41, 5.74) is 4.59. The number of aryl methyl sites for hydroxylation is 3. The number of halogens is 1. The highest BCUT2D eigenvalue weighted by Gasteiger charge is 2.19. The Morgan fingerprint density at radius 2 is 1.67 bits per heavy atom. The summed E-state index contributed by atoms with van der Waals surface area (Å²) in [5.74, 6) is 0.329. The lowest BCUT2D eigenvalue weighted by Crippen LogP contribution is -2.05. The summed E-state index contributed by atoms with van der Waals surface area (Å²) in [5, 5.41) is 0.926. The molecule has 3 heteroatoms. The number of hydrogen-bond donors (Lipinski definition) is 0. The van der Waals surface area contributed by atoms with E-state index in [1.54, 1.807) is 6.07 Å². The fraction of sp³-hybridized carbons (Fsp3) is 0.167. The quantitative estimate of drug-likeness (QED) is 0.587. The molecule has 0 saturated carbocycles. The van der Waals surface area contributed by atoms with Gasteiger partial charge in [-0.25, -0.2) is 0 Å². The Hall–Kier alpha value is -1.87. The largest absolute Gasteiger partial charge is 0.453 e. The number of carbonyl (C=O) groups is 1. The summed E-state index contributed by atoms with van der Waals surface area (Å²) in [6.07, 6.45) is 0. The molecular weight excluding hydrogens is 328 g/mol. The molecule has 1 heterocycles. The molecule has 0 unspecified atom stereocenters. The van der Waals surface area contributed by atoms with Crippen LogP contribution in [0.2, 0.25) is 0 Å². The number of benzene rings is 2. The number of hydrogen-bond acceptors (Lipinski definition) is 2. The average molecular weight is 343 g/mol. The van der Waals surface area contributed by atoms with E-state index in [4.69, 9.17) is 4.42 Å². The first kappa shape index (κ1) is 14.1. The molecule has 3 rings (SSSR count). The van der Waals surface area contributed by atoms with Gasteiger partial charge in [-0.2, -0.15) is 0 Å². The topological polar surface area (TPSA) is 30.2 Å². The lowest BCUT2D eigenvalue weighted by Gasteiger charge is -2.08. The van der Waals surface area contributed by atoms with Gasteiger partial charge in [-0.3, -0.25) is 4.79 Å². The minimum absolute atomic E-state index is 0.0580. The first-order valence-corrected chi connectivity index (χ1v) is 7.56. The molecule has 106 valence electrons. The van der Waals surface area contributed by atoms with E-state index in [2.05, 4.69) is 15.9 Å². The maximum absolute atomic E-state index is 12.7. The van der Waals surface area contributed by atoms with Crippen molar-refractivity contribution in [2.45, 2.75) is 20.8 Å². The number of ketones is 1. The molecule has 0 atom stereocenters. The highest BCUT2D eigenvalue weighted by Crippen LogP contribution is 2.27. The highest BCUT2D eigenvalue weighted by molar-refractivity contribution is 9.10. The predicted molar refractivity (Wildman–Crippen MR) is 88.0 cm³/mol. The molecule has 2 nitrogen and oxygen atoms in total. The molecule has 0 fully saturated rings. The minimum atomic E-state index is -0.0580. The molecule has 0 spiro atoms. The standard InChI is InChI=1S/C18H15BrO2/c1-10-6-11(2)17(12(3)7-10)18(20)16-9-13-8-14(19)4-5-15(13)21-16/h4-9H,1-3H3. The van der Waals surface area contributed by atoms with Gasteiger partial charge < -0.3 is 4.42 Å². The van der Waals surface area contributed by atoms with E-state index in [-0.39, 0.29) is 5.78 Å². The fourth-order valence-electron chi connectivity index (χ4n) is 2.79. The molecule has 1 aromatic heterocycles. The summed E-state index contributed by atoms with van der Waals surface area (Å²) in [6, 6.07) is 11.6. The van der Waals surface area contributed by atoms with Crippen LogP contribution in [0.3, 0.4) is 0 Å². The zero-order valence-electron chi connectivity index (χ0n) is 12.2. The van der Waals surface area contributed by atoms with Crippen molar-refractivity contribution in [3.63, 3.8) is 0 Å². The zero-order chi connectivity index (χ0) is 15.1. The monoisotopic (exact) mass is 342 g/mol. The number of rotatable bonds is 2. The van der Waals surface area contributed by atoms with Crippen molar-refractivity contribution < 1.29 is 9.21 Å². The average Bonchev–Trinajstić information content (AvgIpc) is 2.80. The third-order valence-electron chi connectivity index (χ3n) is 3.61. The fourth-order valence-corrected chi connectivity index (χ4v) is 3.17. The normalized spacial score (nSPS) is 11.0. The van der Waals surface area contributed by atoms with E-state index in [0.717, 1.165) is 37.7 Å². The van der Waals surface area contributed by atoms with Crippen molar-refractivity contribution in [3.8, 4) is 0 Å². The molecule has 0 amide bonds. The second kappa shape index (κ2) is 5.15. The van der Waals surface area contributed by atoms with Gasteiger partial charge in [-0.15, -0.1) is 0 Å². The smallest absolute Gasteiger partial charge is 0.228 e. The first-order chi connectivity index (χ1) is 9.95. The third kappa shape index (κ3) is 2.54. The van der Waals surface area contributed by atoms with Gasteiger partial charge in [0.15, 0.2) is 5.76 Å². The Bertz CT molecular complexity index is 836. The Kier molecular flexibility index (Phi) is 3.46. The predicted octanol–water partition coefficient (Wildman–Crippen LogP) is 5.35. The van der Waals surface area contributed by atoms with E-state index in [1.165, 1.54) is 0 Å². The van der Waals surface area contributed by atoms with Crippen LogP contribution in [-0.2, 0) is 0 Å². The van der Waals surface area contributed by atoms with Crippen LogP contribution in [0.4, 0.5) is 0 Å². The van der Waals surface area contributed by atoms with Gasteiger partial charge in [0.25, 0.3) is 0 Å². The lowest BCUT2D eigenvalue weighted by molar-refractivity contribution is 0.101. The summed E-state index contributed by atoms with van der Waals surface area (Å²) in [7, 11) is 0. The molecule has 0 bridgehead atoms. The SMILES string of the molecule is Cc1cc(C)c(C(=O)c2cc3cc(Br)ccc3o2)c(C)c1. The Balaban J connectivity index is 2.12. The molecule has 0 aliphatic carbocycles. The molecule has 0 aliphatic heterocycles. The van der Waals surface area contributed by atoms with E-state index < -0.39 is 0 Å². The van der Waals surface area contributed by atoms with Gasteiger partial charge in [-0.05, 0) is 56.2 Å². The minimum Gasteiger partial charge on any atom is -0.453 e. The van der Waals surface area contributed by atoms with Crippen LogP contribution in [-0.4, -0.2) is 5.78 Å². The van der Waals surface area contributed by atoms with Crippen LogP contribution in [0.5, 0.6) is 0 Å². The van der Waals surface area contributed by atoms with Gasteiger partial charge in [0.1, 0.15) is 5.58 Å². The van der Waals surface area contributed by atoms with E-state index in [0.29, 0.717) is 5.76 Å². The molecule has 0 radical (unpaired) electrons. The summed E-state index contributed by atoms with van der Waals surface area (Å²) < 4.78 is 6.68. The number of furan rings is 1.